The van der Waals surface area contributed by atoms with E-state index in [2.05, 4.69) is 28.4 Å². The molecular weight excluding hydrogens is 228 g/mol. The van der Waals surface area contributed by atoms with Gasteiger partial charge in [-0.2, -0.15) is 0 Å². The molecule has 4 heteroatoms. The van der Waals surface area contributed by atoms with E-state index in [9.17, 15) is 0 Å². The number of rotatable bonds is 2. The molecule has 0 saturated carbocycles. The lowest BCUT2D eigenvalue weighted by molar-refractivity contribution is 0.0342. The van der Waals surface area contributed by atoms with E-state index in [1.807, 2.05) is 0 Å². The molecule has 0 aliphatic carbocycles. The third-order valence-corrected chi connectivity index (χ3v) is 3.49. The Morgan fingerprint density at radius 2 is 2.06 bits per heavy atom. The van der Waals surface area contributed by atoms with E-state index in [0.717, 1.165) is 58.3 Å². The van der Waals surface area contributed by atoms with Crippen LogP contribution in [0.15, 0.2) is 18.2 Å². The lowest BCUT2D eigenvalue weighted by Crippen LogP contribution is -2.35. The van der Waals surface area contributed by atoms with E-state index in [0.29, 0.717) is 0 Å². The van der Waals surface area contributed by atoms with Gasteiger partial charge in [-0.3, -0.25) is 4.90 Å². The number of nitrogens with zero attached hydrogens (tertiary/aromatic N) is 1. The molecule has 1 aromatic rings. The van der Waals surface area contributed by atoms with Gasteiger partial charge in [-0.1, -0.05) is 6.07 Å². The summed E-state index contributed by atoms with van der Waals surface area (Å²) >= 11 is 0. The molecule has 18 heavy (non-hydrogen) atoms. The van der Waals surface area contributed by atoms with Gasteiger partial charge in [-0.25, -0.2) is 0 Å². The van der Waals surface area contributed by atoms with Crippen LogP contribution in [0.3, 0.4) is 0 Å². The predicted molar refractivity (Wildman–Crippen MR) is 69.7 cm³/mol. The van der Waals surface area contributed by atoms with Gasteiger partial charge in [0.15, 0.2) is 0 Å². The summed E-state index contributed by atoms with van der Waals surface area (Å²) in [6, 6.07) is 6.56. The maximum Gasteiger partial charge on any atom is 0.123 e. The SMILES string of the molecule is c1cc2c(cc1CN1CCOCC1)CNCCO2. The molecule has 98 valence electrons. The molecule has 0 unspecified atom stereocenters. The van der Waals surface area contributed by atoms with Crippen LogP contribution in [0.4, 0.5) is 0 Å². The van der Waals surface area contributed by atoms with Gasteiger partial charge in [-0.15, -0.1) is 0 Å². The van der Waals surface area contributed by atoms with Gasteiger partial charge in [0.2, 0.25) is 0 Å². The van der Waals surface area contributed by atoms with Crippen LogP contribution in [0.1, 0.15) is 11.1 Å². The first-order chi connectivity index (χ1) is 8.92. The highest BCUT2D eigenvalue weighted by Gasteiger charge is 2.13. The summed E-state index contributed by atoms with van der Waals surface area (Å²) in [5, 5.41) is 3.38. The molecule has 3 rings (SSSR count). The third-order valence-electron chi connectivity index (χ3n) is 3.49. The summed E-state index contributed by atoms with van der Waals surface area (Å²) in [7, 11) is 0. The van der Waals surface area contributed by atoms with Gasteiger partial charge >= 0.3 is 0 Å². The second-order valence-corrected chi connectivity index (χ2v) is 4.86. The molecule has 2 aliphatic rings. The van der Waals surface area contributed by atoms with Crippen LogP contribution in [0.25, 0.3) is 0 Å². The second kappa shape index (κ2) is 5.69. The maximum absolute atomic E-state index is 5.70. The Morgan fingerprint density at radius 1 is 1.17 bits per heavy atom. The molecular formula is C14H20N2O2. The molecule has 1 saturated heterocycles. The van der Waals surface area contributed by atoms with Crippen LogP contribution in [-0.4, -0.2) is 44.4 Å². The minimum absolute atomic E-state index is 0.760. The highest BCUT2D eigenvalue weighted by atomic mass is 16.5. The predicted octanol–water partition coefficient (Wildman–Crippen LogP) is 1.00. The zero-order chi connectivity index (χ0) is 12.2. The quantitative estimate of drug-likeness (QED) is 0.846. The average Bonchev–Trinajstić information content (AvgIpc) is 2.64. The van der Waals surface area contributed by atoms with Gasteiger partial charge in [0, 0.05) is 38.3 Å². The van der Waals surface area contributed by atoms with Gasteiger partial charge in [-0.05, 0) is 17.7 Å². The fraction of sp³-hybridized carbons (Fsp3) is 0.571. The Balaban J connectivity index is 1.70. The Bertz CT molecular complexity index is 403. The van der Waals surface area contributed by atoms with E-state index < -0.39 is 0 Å². The number of morpholine rings is 1. The summed E-state index contributed by atoms with van der Waals surface area (Å²) in [6.45, 7) is 7.38. The normalized spacial score (nSPS) is 20.9. The monoisotopic (exact) mass is 248 g/mol. The fourth-order valence-electron chi connectivity index (χ4n) is 2.48. The minimum Gasteiger partial charge on any atom is -0.492 e. The van der Waals surface area contributed by atoms with Crippen molar-refractivity contribution in [3.8, 4) is 5.75 Å². The molecule has 0 amide bonds. The molecule has 0 radical (unpaired) electrons. The lowest BCUT2D eigenvalue weighted by atomic mass is 10.1. The average molecular weight is 248 g/mol. The lowest BCUT2D eigenvalue weighted by Gasteiger charge is -2.26. The topological polar surface area (TPSA) is 33.7 Å². The van der Waals surface area contributed by atoms with Gasteiger partial charge in [0.05, 0.1) is 13.2 Å². The second-order valence-electron chi connectivity index (χ2n) is 4.86. The third kappa shape index (κ3) is 2.83. The van der Waals surface area contributed by atoms with Gasteiger partial charge in [0.1, 0.15) is 12.4 Å². The van der Waals surface area contributed by atoms with Crippen LogP contribution < -0.4 is 10.1 Å². The first-order valence-electron chi connectivity index (χ1n) is 6.67. The van der Waals surface area contributed by atoms with Crippen molar-refractivity contribution >= 4 is 0 Å². The van der Waals surface area contributed by atoms with Crippen LogP contribution in [0, 0.1) is 0 Å². The molecule has 1 N–H and O–H groups in total. The van der Waals surface area contributed by atoms with Crippen LogP contribution in [0.2, 0.25) is 0 Å². The zero-order valence-corrected chi connectivity index (χ0v) is 10.7. The maximum atomic E-state index is 5.70. The van der Waals surface area contributed by atoms with Crippen molar-refractivity contribution in [2.45, 2.75) is 13.1 Å². The van der Waals surface area contributed by atoms with Crippen molar-refractivity contribution in [3.05, 3.63) is 29.3 Å². The first-order valence-corrected chi connectivity index (χ1v) is 6.67. The van der Waals surface area contributed by atoms with Crippen molar-refractivity contribution in [1.82, 2.24) is 10.2 Å². The Hall–Kier alpha value is -1.10. The largest absolute Gasteiger partial charge is 0.492 e. The minimum atomic E-state index is 0.760. The summed E-state index contributed by atoms with van der Waals surface area (Å²) in [5.74, 6) is 1.03. The molecule has 0 spiro atoms. The van der Waals surface area contributed by atoms with E-state index in [1.165, 1.54) is 11.1 Å². The fourth-order valence-corrected chi connectivity index (χ4v) is 2.48. The van der Waals surface area contributed by atoms with Crippen molar-refractivity contribution in [3.63, 3.8) is 0 Å². The number of ether oxygens (including phenoxy) is 2. The van der Waals surface area contributed by atoms with Crippen molar-refractivity contribution in [2.24, 2.45) is 0 Å². The smallest absolute Gasteiger partial charge is 0.123 e. The molecule has 2 heterocycles. The van der Waals surface area contributed by atoms with Gasteiger partial charge < -0.3 is 14.8 Å². The van der Waals surface area contributed by atoms with Crippen LogP contribution >= 0.6 is 0 Å². The highest BCUT2D eigenvalue weighted by Crippen LogP contribution is 2.22. The van der Waals surface area contributed by atoms with Crippen LogP contribution in [-0.2, 0) is 17.8 Å². The standard InChI is InChI=1S/C14H20N2O2/c1-2-14-13(10-15-3-6-18-14)9-12(1)11-16-4-7-17-8-5-16/h1-2,9,15H,3-8,10-11H2. The van der Waals surface area contributed by atoms with E-state index in [-0.39, 0.29) is 0 Å². The molecule has 0 atom stereocenters. The van der Waals surface area contributed by atoms with E-state index >= 15 is 0 Å². The number of nitrogens with one attached hydrogen (secondary N) is 1. The summed E-state index contributed by atoms with van der Waals surface area (Å²) < 4.78 is 11.1. The summed E-state index contributed by atoms with van der Waals surface area (Å²) in [4.78, 5) is 2.44. The van der Waals surface area contributed by atoms with E-state index in [1.54, 1.807) is 0 Å². The van der Waals surface area contributed by atoms with Crippen LogP contribution in [0.5, 0.6) is 5.75 Å². The molecule has 0 bridgehead atoms. The van der Waals surface area contributed by atoms with E-state index in [4.69, 9.17) is 9.47 Å². The highest BCUT2D eigenvalue weighted by molar-refractivity contribution is 5.37. The number of benzene rings is 1. The number of hydrogen-bond acceptors (Lipinski definition) is 4. The van der Waals surface area contributed by atoms with Crippen molar-refractivity contribution in [1.29, 1.82) is 0 Å². The Labute approximate surface area is 108 Å². The Morgan fingerprint density at radius 3 is 2.94 bits per heavy atom. The molecule has 0 aromatic heterocycles. The summed E-state index contributed by atoms with van der Waals surface area (Å²) in [6.07, 6.45) is 0. The molecule has 1 aromatic carbocycles. The summed E-state index contributed by atoms with van der Waals surface area (Å²) in [5.41, 5.74) is 2.64. The number of fused-ring (bicyclic) bond motifs is 1. The molecule has 2 aliphatic heterocycles. The molecule has 1 fully saturated rings. The number of hydrogen-bond donors (Lipinski definition) is 1. The van der Waals surface area contributed by atoms with Gasteiger partial charge in [0.25, 0.3) is 0 Å². The molecule has 4 nitrogen and oxygen atoms in total. The zero-order valence-electron chi connectivity index (χ0n) is 10.7. The first kappa shape index (κ1) is 12.0. The Kier molecular flexibility index (Phi) is 3.78. The van der Waals surface area contributed by atoms with Crippen molar-refractivity contribution in [2.75, 3.05) is 39.5 Å². The van der Waals surface area contributed by atoms with Crippen molar-refractivity contribution < 1.29 is 9.47 Å².